The fourth-order valence-corrected chi connectivity index (χ4v) is 4.86. The number of nitrogens with zero attached hydrogens (tertiary/aromatic N) is 2. The van der Waals surface area contributed by atoms with Crippen LogP contribution in [0.3, 0.4) is 0 Å². The van der Waals surface area contributed by atoms with Crippen LogP contribution in [-0.2, 0) is 14.8 Å². The van der Waals surface area contributed by atoms with Gasteiger partial charge in [-0.2, -0.15) is 0 Å². The van der Waals surface area contributed by atoms with Gasteiger partial charge in [-0.05, 0) is 37.1 Å². The maximum Gasteiger partial charge on any atom is 0.312 e. The van der Waals surface area contributed by atoms with Gasteiger partial charge in [-0.3, -0.25) is 9.69 Å². The molecule has 1 aromatic rings. The molecule has 2 atom stereocenters. The third-order valence-corrected chi connectivity index (χ3v) is 6.91. The van der Waals surface area contributed by atoms with Crippen LogP contribution in [-0.4, -0.2) is 74.3 Å². The lowest BCUT2D eigenvalue weighted by molar-refractivity contribution is -0.148. The molecule has 2 fully saturated rings. The molecule has 26 heavy (non-hydrogen) atoms. The third kappa shape index (κ3) is 3.58. The number of carboxylic acids is 1. The number of carboxylic acid groups (broad SMARTS) is 1. The summed E-state index contributed by atoms with van der Waals surface area (Å²) >= 11 is 0. The number of hydrogen-bond acceptors (Lipinski definition) is 5. The van der Waals surface area contributed by atoms with Crippen LogP contribution in [0.25, 0.3) is 0 Å². The van der Waals surface area contributed by atoms with Gasteiger partial charge in [0.2, 0.25) is 10.0 Å². The molecule has 7 nitrogen and oxygen atoms in total. The van der Waals surface area contributed by atoms with Crippen molar-refractivity contribution in [2.24, 2.45) is 11.3 Å². The van der Waals surface area contributed by atoms with Crippen molar-refractivity contribution in [3.05, 3.63) is 29.3 Å². The number of sulfonamides is 1. The van der Waals surface area contributed by atoms with Gasteiger partial charge in [-0.25, -0.2) is 12.7 Å². The molecule has 1 unspecified atom stereocenters. The Morgan fingerprint density at radius 1 is 1.27 bits per heavy atom. The molecule has 0 saturated carbocycles. The number of ether oxygens (including phenoxy) is 1. The summed E-state index contributed by atoms with van der Waals surface area (Å²) in [5.74, 6) is -0.286. The van der Waals surface area contributed by atoms with Crippen LogP contribution < -0.4 is 4.74 Å². The summed E-state index contributed by atoms with van der Waals surface area (Å²) in [7, 11) is -3.37. The molecule has 0 radical (unpaired) electrons. The standard InChI is InChI=1S/C18H26N2O5S/c1-13-4-5-16(8-14(13)2)25-7-6-19-9-15-10-20(26(3,23)24)12-18(15,11-19)17(21)22/h4-5,8,15H,6-7,9-12H2,1-3H3,(H,21,22)/t15?,18-/m1/s1. The summed E-state index contributed by atoms with van der Waals surface area (Å²) in [6, 6.07) is 5.95. The molecule has 1 N–H and O–H groups in total. The van der Waals surface area contributed by atoms with Crippen LogP contribution in [0.4, 0.5) is 0 Å². The van der Waals surface area contributed by atoms with E-state index in [1.54, 1.807) is 0 Å². The first-order valence-electron chi connectivity index (χ1n) is 8.73. The van der Waals surface area contributed by atoms with Gasteiger partial charge >= 0.3 is 5.97 Å². The van der Waals surface area contributed by atoms with Crippen molar-refractivity contribution in [3.8, 4) is 5.75 Å². The quantitative estimate of drug-likeness (QED) is 0.789. The molecule has 3 rings (SSSR count). The topological polar surface area (TPSA) is 87.2 Å². The van der Waals surface area contributed by atoms with Crippen LogP contribution in [0.2, 0.25) is 0 Å². The van der Waals surface area contributed by atoms with E-state index in [0.29, 0.717) is 26.2 Å². The molecule has 2 aliphatic heterocycles. The summed E-state index contributed by atoms with van der Waals surface area (Å²) in [5.41, 5.74) is 1.37. The van der Waals surface area contributed by atoms with Crippen molar-refractivity contribution in [2.45, 2.75) is 13.8 Å². The van der Waals surface area contributed by atoms with Gasteiger partial charge in [0.05, 0.1) is 11.7 Å². The van der Waals surface area contributed by atoms with E-state index in [1.807, 2.05) is 32.0 Å². The maximum absolute atomic E-state index is 11.9. The largest absolute Gasteiger partial charge is 0.492 e. The molecular formula is C18H26N2O5S. The Morgan fingerprint density at radius 3 is 2.58 bits per heavy atom. The van der Waals surface area contributed by atoms with Gasteiger partial charge in [0.25, 0.3) is 0 Å². The summed E-state index contributed by atoms with van der Waals surface area (Å²) in [4.78, 5) is 14.0. The highest BCUT2D eigenvalue weighted by atomic mass is 32.2. The fraction of sp³-hybridized carbons (Fsp3) is 0.611. The molecule has 2 aliphatic rings. The molecule has 0 aromatic heterocycles. The Kier molecular flexibility index (Phi) is 5.02. The summed E-state index contributed by atoms with van der Waals surface area (Å²) in [6.07, 6.45) is 1.14. The van der Waals surface area contributed by atoms with Gasteiger partial charge in [-0.15, -0.1) is 0 Å². The molecule has 144 valence electrons. The first kappa shape index (κ1) is 19.1. The number of likely N-dealkylation sites (tertiary alicyclic amines) is 1. The zero-order valence-corrected chi connectivity index (χ0v) is 16.3. The van der Waals surface area contributed by atoms with Crippen LogP contribution in [0.1, 0.15) is 11.1 Å². The molecule has 8 heteroatoms. The molecular weight excluding hydrogens is 356 g/mol. The normalized spacial score (nSPS) is 26.8. The molecule has 0 bridgehead atoms. The first-order valence-corrected chi connectivity index (χ1v) is 10.6. The smallest absolute Gasteiger partial charge is 0.312 e. The average Bonchev–Trinajstić information content (AvgIpc) is 3.05. The van der Waals surface area contributed by atoms with Crippen LogP contribution >= 0.6 is 0 Å². The lowest BCUT2D eigenvalue weighted by atomic mass is 9.81. The van der Waals surface area contributed by atoms with Crippen molar-refractivity contribution < 1.29 is 23.1 Å². The Labute approximate surface area is 154 Å². The van der Waals surface area contributed by atoms with E-state index in [9.17, 15) is 18.3 Å². The molecule has 0 amide bonds. The minimum absolute atomic E-state index is 0.0559. The van der Waals surface area contributed by atoms with E-state index in [4.69, 9.17) is 4.74 Å². The Hall–Kier alpha value is -1.64. The van der Waals surface area contributed by atoms with Crippen LogP contribution in [0.5, 0.6) is 5.75 Å². The van der Waals surface area contributed by atoms with Crippen molar-refractivity contribution >= 4 is 16.0 Å². The number of fused-ring (bicyclic) bond motifs is 1. The molecule has 2 saturated heterocycles. The van der Waals surface area contributed by atoms with Crippen molar-refractivity contribution in [1.82, 2.24) is 9.21 Å². The van der Waals surface area contributed by atoms with Crippen molar-refractivity contribution in [1.29, 1.82) is 0 Å². The average molecular weight is 382 g/mol. The molecule has 2 heterocycles. The predicted octanol–water partition coefficient (Wildman–Crippen LogP) is 0.960. The van der Waals surface area contributed by atoms with Gasteiger partial charge < -0.3 is 9.84 Å². The van der Waals surface area contributed by atoms with E-state index in [-0.39, 0.29) is 19.0 Å². The van der Waals surface area contributed by atoms with E-state index < -0.39 is 21.4 Å². The second kappa shape index (κ2) is 6.83. The Balaban J connectivity index is 1.59. The van der Waals surface area contributed by atoms with E-state index in [1.165, 1.54) is 15.4 Å². The lowest BCUT2D eigenvalue weighted by Gasteiger charge is -2.24. The van der Waals surface area contributed by atoms with Crippen LogP contribution in [0, 0.1) is 25.2 Å². The number of benzene rings is 1. The van der Waals surface area contributed by atoms with E-state index in [2.05, 4.69) is 4.90 Å². The molecule has 0 spiro atoms. The van der Waals surface area contributed by atoms with Crippen molar-refractivity contribution in [2.75, 3.05) is 45.6 Å². The number of aryl methyl sites for hydroxylation is 2. The number of rotatable bonds is 6. The Morgan fingerprint density at radius 2 is 2.00 bits per heavy atom. The van der Waals surface area contributed by atoms with Gasteiger partial charge in [-0.1, -0.05) is 6.07 Å². The second-order valence-electron chi connectivity index (χ2n) is 7.54. The second-order valence-corrected chi connectivity index (χ2v) is 9.53. The highest BCUT2D eigenvalue weighted by Crippen LogP contribution is 2.43. The first-order chi connectivity index (χ1) is 12.1. The van der Waals surface area contributed by atoms with Gasteiger partial charge in [0.15, 0.2) is 0 Å². The summed E-state index contributed by atoms with van der Waals surface area (Å²) in [6.45, 7) is 6.45. The molecule has 0 aliphatic carbocycles. The zero-order chi connectivity index (χ0) is 19.1. The SMILES string of the molecule is Cc1ccc(OCCN2CC3CN(S(C)(=O)=O)C[C@]3(C(=O)O)C2)cc1C. The van der Waals surface area contributed by atoms with Crippen molar-refractivity contribution in [3.63, 3.8) is 0 Å². The van der Waals surface area contributed by atoms with Crippen LogP contribution in [0.15, 0.2) is 18.2 Å². The maximum atomic E-state index is 11.9. The van der Waals surface area contributed by atoms with Gasteiger partial charge in [0.1, 0.15) is 12.4 Å². The minimum atomic E-state index is -3.37. The lowest BCUT2D eigenvalue weighted by Crippen LogP contribution is -2.42. The minimum Gasteiger partial charge on any atom is -0.492 e. The number of hydrogen-bond donors (Lipinski definition) is 1. The molecule has 1 aromatic carbocycles. The fourth-order valence-electron chi connectivity index (χ4n) is 3.94. The summed E-state index contributed by atoms with van der Waals surface area (Å²) in [5, 5.41) is 9.76. The monoisotopic (exact) mass is 382 g/mol. The number of carbonyl (C=O) groups is 1. The zero-order valence-electron chi connectivity index (χ0n) is 15.4. The van der Waals surface area contributed by atoms with E-state index >= 15 is 0 Å². The number of aliphatic carboxylic acids is 1. The van der Waals surface area contributed by atoms with E-state index in [0.717, 1.165) is 12.0 Å². The highest BCUT2D eigenvalue weighted by molar-refractivity contribution is 7.88. The third-order valence-electron chi connectivity index (χ3n) is 5.70. The highest BCUT2D eigenvalue weighted by Gasteiger charge is 2.58. The Bertz CT molecular complexity index is 810. The summed E-state index contributed by atoms with van der Waals surface area (Å²) < 4.78 is 30.7. The predicted molar refractivity (Wildman–Crippen MR) is 97.8 cm³/mol. The van der Waals surface area contributed by atoms with Gasteiger partial charge in [0, 0.05) is 38.6 Å².